The van der Waals surface area contributed by atoms with Gasteiger partial charge in [0, 0.05) is 21.2 Å². The zero-order valence-electron chi connectivity index (χ0n) is 14.6. The van der Waals surface area contributed by atoms with Crippen LogP contribution in [0.1, 0.15) is 5.56 Å². The number of benzene rings is 2. The van der Waals surface area contributed by atoms with Crippen molar-refractivity contribution in [2.24, 2.45) is 0 Å². The van der Waals surface area contributed by atoms with Gasteiger partial charge in [0.2, 0.25) is 0 Å². The highest BCUT2D eigenvalue weighted by Gasteiger charge is 2.18. The molecule has 3 aromatic rings. The van der Waals surface area contributed by atoms with Crippen LogP contribution in [0, 0.1) is 17.1 Å². The van der Waals surface area contributed by atoms with Crippen molar-refractivity contribution in [3.8, 4) is 40.0 Å². The van der Waals surface area contributed by atoms with Crippen molar-refractivity contribution in [3.63, 3.8) is 0 Å². The number of pyridine rings is 1. The third kappa shape index (κ3) is 3.57. The average Bonchev–Trinajstić information content (AvgIpc) is 2.68. The fourth-order valence-electron chi connectivity index (χ4n) is 2.75. The Morgan fingerprint density at radius 2 is 1.81 bits per heavy atom. The summed E-state index contributed by atoms with van der Waals surface area (Å²) in [5.41, 5.74) is 7.78. The van der Waals surface area contributed by atoms with Crippen LogP contribution in [0.15, 0.2) is 46.9 Å². The molecule has 0 saturated carbocycles. The molecule has 1 heterocycles. The number of aromatic nitrogens is 1. The highest BCUT2D eigenvalue weighted by atomic mass is 79.9. The Morgan fingerprint density at radius 1 is 1.04 bits per heavy atom. The van der Waals surface area contributed by atoms with Gasteiger partial charge in [-0.1, -0.05) is 15.9 Å². The van der Waals surface area contributed by atoms with Gasteiger partial charge in [0.05, 0.1) is 19.9 Å². The Balaban J connectivity index is 2.31. The molecule has 0 spiro atoms. The van der Waals surface area contributed by atoms with Crippen molar-refractivity contribution in [2.75, 3.05) is 20.0 Å². The lowest BCUT2D eigenvalue weighted by Crippen LogP contribution is -2.01. The summed E-state index contributed by atoms with van der Waals surface area (Å²) in [5.74, 6) is 0.692. The molecule has 0 amide bonds. The lowest BCUT2D eigenvalue weighted by Gasteiger charge is -2.14. The summed E-state index contributed by atoms with van der Waals surface area (Å²) in [6, 6.07) is 13.4. The molecule has 27 heavy (non-hydrogen) atoms. The Hall–Kier alpha value is -3.11. The van der Waals surface area contributed by atoms with Crippen LogP contribution in [-0.2, 0) is 0 Å². The van der Waals surface area contributed by atoms with Gasteiger partial charge in [-0.05, 0) is 42.5 Å². The first kappa shape index (κ1) is 18.7. The van der Waals surface area contributed by atoms with E-state index in [9.17, 15) is 9.65 Å². The molecule has 2 aromatic carbocycles. The second-order valence-corrected chi connectivity index (χ2v) is 6.53. The number of hydrogen-bond acceptors (Lipinski definition) is 5. The molecule has 7 heteroatoms. The van der Waals surface area contributed by atoms with Crippen LogP contribution in [0.4, 0.5) is 10.2 Å². The van der Waals surface area contributed by atoms with Crippen LogP contribution in [0.25, 0.3) is 22.4 Å². The number of hydrogen-bond donors (Lipinski definition) is 1. The highest BCUT2D eigenvalue weighted by Crippen LogP contribution is 2.38. The normalized spacial score (nSPS) is 10.3. The molecular weight excluding hydrogens is 413 g/mol. The number of ether oxygens (including phenoxy) is 2. The Labute approximate surface area is 164 Å². The molecule has 2 N–H and O–H groups in total. The molecule has 0 radical (unpaired) electrons. The van der Waals surface area contributed by atoms with E-state index in [0.29, 0.717) is 32.8 Å². The number of nitrogens with two attached hydrogens (primary N) is 1. The van der Waals surface area contributed by atoms with E-state index >= 15 is 0 Å². The summed E-state index contributed by atoms with van der Waals surface area (Å²) in [4.78, 5) is 4.32. The number of anilines is 1. The molecule has 0 bridgehead atoms. The number of nitriles is 1. The first-order valence-corrected chi connectivity index (χ1v) is 8.66. The second kappa shape index (κ2) is 7.64. The zero-order chi connectivity index (χ0) is 19.6. The van der Waals surface area contributed by atoms with Gasteiger partial charge < -0.3 is 15.2 Å². The molecule has 0 saturated heterocycles. The molecule has 136 valence electrons. The Bertz CT molecular complexity index is 1060. The molecule has 0 aliphatic rings. The van der Waals surface area contributed by atoms with Gasteiger partial charge in [-0.15, -0.1) is 0 Å². The third-order valence-electron chi connectivity index (χ3n) is 4.06. The largest absolute Gasteiger partial charge is 0.497 e. The fourth-order valence-corrected chi connectivity index (χ4v) is 3.11. The van der Waals surface area contributed by atoms with Gasteiger partial charge >= 0.3 is 0 Å². The van der Waals surface area contributed by atoms with E-state index in [0.717, 1.165) is 0 Å². The molecular formula is C20H15BrFN3O2. The minimum atomic E-state index is -0.469. The molecule has 1 aromatic heterocycles. The van der Waals surface area contributed by atoms with Crippen molar-refractivity contribution in [2.45, 2.75) is 0 Å². The molecule has 0 fully saturated rings. The van der Waals surface area contributed by atoms with E-state index in [4.69, 9.17) is 15.2 Å². The van der Waals surface area contributed by atoms with Crippen LogP contribution in [0.3, 0.4) is 0 Å². The fraction of sp³-hybridized carbons (Fsp3) is 0.100. The first-order valence-electron chi connectivity index (χ1n) is 7.87. The van der Waals surface area contributed by atoms with Crippen LogP contribution in [-0.4, -0.2) is 19.2 Å². The topological polar surface area (TPSA) is 81.2 Å². The molecule has 5 nitrogen and oxygen atoms in total. The van der Waals surface area contributed by atoms with Gasteiger partial charge in [0.25, 0.3) is 0 Å². The summed E-state index contributed by atoms with van der Waals surface area (Å²) in [6.07, 6.45) is 0. The van der Waals surface area contributed by atoms with Crippen molar-refractivity contribution < 1.29 is 13.9 Å². The third-order valence-corrected chi connectivity index (χ3v) is 4.55. The van der Waals surface area contributed by atoms with E-state index in [1.54, 1.807) is 43.5 Å². The lowest BCUT2D eigenvalue weighted by molar-refractivity contribution is 0.404. The molecule has 0 aliphatic heterocycles. The van der Waals surface area contributed by atoms with E-state index in [1.165, 1.54) is 13.2 Å². The summed E-state index contributed by atoms with van der Waals surface area (Å²) < 4.78 is 25.8. The average molecular weight is 428 g/mol. The summed E-state index contributed by atoms with van der Waals surface area (Å²) in [5, 5.41) is 9.52. The number of halogens is 2. The maximum absolute atomic E-state index is 14.5. The van der Waals surface area contributed by atoms with Gasteiger partial charge in [-0.25, -0.2) is 9.37 Å². The summed E-state index contributed by atoms with van der Waals surface area (Å²) >= 11 is 3.33. The SMILES string of the molecule is COc1ccc(OC)c(-c2cc(-c3cc(Br)ccc3F)c(C#N)c(N)n2)c1. The highest BCUT2D eigenvalue weighted by molar-refractivity contribution is 9.10. The Kier molecular flexibility index (Phi) is 5.28. The minimum absolute atomic E-state index is 0.00856. The van der Waals surface area contributed by atoms with Gasteiger partial charge in [-0.2, -0.15) is 5.26 Å². The monoisotopic (exact) mass is 427 g/mol. The minimum Gasteiger partial charge on any atom is -0.497 e. The first-order chi connectivity index (χ1) is 13.0. The molecule has 3 rings (SSSR count). The summed E-state index contributed by atoms with van der Waals surface area (Å²) in [7, 11) is 3.08. The number of nitrogens with zero attached hydrogens (tertiary/aromatic N) is 2. The van der Waals surface area contributed by atoms with E-state index in [1.807, 2.05) is 6.07 Å². The number of rotatable bonds is 4. The smallest absolute Gasteiger partial charge is 0.142 e. The van der Waals surface area contributed by atoms with Crippen molar-refractivity contribution in [3.05, 3.63) is 58.3 Å². The van der Waals surface area contributed by atoms with Crippen LogP contribution < -0.4 is 15.2 Å². The van der Waals surface area contributed by atoms with Crippen LogP contribution >= 0.6 is 15.9 Å². The quantitative estimate of drug-likeness (QED) is 0.647. The summed E-state index contributed by atoms with van der Waals surface area (Å²) in [6.45, 7) is 0. The maximum Gasteiger partial charge on any atom is 0.142 e. The standard InChI is InChI=1S/C20H15BrFN3O2/c1-26-12-4-6-19(27-2)15(8-12)18-9-13(16(10-23)20(24)25-18)14-7-11(21)3-5-17(14)22/h3-9H,1-2H3,(H2,24,25). The van der Waals surface area contributed by atoms with Gasteiger partial charge in [-0.3, -0.25) is 0 Å². The second-order valence-electron chi connectivity index (χ2n) is 5.62. The van der Waals surface area contributed by atoms with E-state index in [-0.39, 0.29) is 16.9 Å². The predicted octanol–water partition coefficient (Wildman–Crippen LogP) is 4.79. The van der Waals surface area contributed by atoms with Crippen molar-refractivity contribution in [1.29, 1.82) is 5.26 Å². The number of nitrogen functional groups attached to an aromatic ring is 1. The van der Waals surface area contributed by atoms with Crippen molar-refractivity contribution >= 4 is 21.7 Å². The van der Waals surface area contributed by atoms with Gasteiger partial charge in [0.1, 0.15) is 34.8 Å². The van der Waals surface area contributed by atoms with Crippen molar-refractivity contribution in [1.82, 2.24) is 4.98 Å². The van der Waals surface area contributed by atoms with E-state index in [2.05, 4.69) is 20.9 Å². The van der Waals surface area contributed by atoms with E-state index < -0.39 is 5.82 Å². The lowest BCUT2D eigenvalue weighted by atomic mass is 9.97. The van der Waals surface area contributed by atoms with Crippen LogP contribution in [0.2, 0.25) is 0 Å². The Morgan fingerprint density at radius 3 is 2.48 bits per heavy atom. The number of methoxy groups -OCH3 is 2. The van der Waals surface area contributed by atoms with Gasteiger partial charge in [0.15, 0.2) is 0 Å². The molecule has 0 unspecified atom stereocenters. The molecule has 0 aliphatic carbocycles. The predicted molar refractivity (Wildman–Crippen MR) is 105 cm³/mol. The zero-order valence-corrected chi connectivity index (χ0v) is 16.2. The van der Waals surface area contributed by atoms with Crippen LogP contribution in [0.5, 0.6) is 11.5 Å². The molecule has 0 atom stereocenters. The maximum atomic E-state index is 14.5.